The molecule has 2 rings (SSSR count). The summed E-state index contributed by atoms with van der Waals surface area (Å²) in [4.78, 5) is 4.76. The first-order chi connectivity index (χ1) is 10.2. The van der Waals surface area contributed by atoms with E-state index in [4.69, 9.17) is 21.7 Å². The van der Waals surface area contributed by atoms with E-state index in [1.807, 2.05) is 0 Å². The van der Waals surface area contributed by atoms with E-state index < -0.39 is 0 Å². The van der Waals surface area contributed by atoms with E-state index in [1.54, 1.807) is 7.11 Å². The van der Waals surface area contributed by atoms with Crippen molar-refractivity contribution in [3.05, 3.63) is 0 Å². The largest absolute Gasteiger partial charge is 0.383 e. The second-order valence-electron chi connectivity index (χ2n) is 6.05. The monoisotopic (exact) mass is 315 g/mol. The Labute approximate surface area is 133 Å². The third-order valence-corrected chi connectivity index (χ3v) is 4.78. The summed E-state index contributed by atoms with van der Waals surface area (Å²) >= 11 is 5.62. The summed E-state index contributed by atoms with van der Waals surface area (Å²) < 4.78 is 10.9. The van der Waals surface area contributed by atoms with Gasteiger partial charge in [0.15, 0.2) is 5.11 Å². The van der Waals surface area contributed by atoms with Crippen LogP contribution in [0.25, 0.3) is 0 Å². The van der Waals surface area contributed by atoms with Gasteiger partial charge < -0.3 is 24.6 Å². The highest BCUT2D eigenvalue weighted by atomic mass is 32.1. The highest BCUT2D eigenvalue weighted by molar-refractivity contribution is 7.80. The lowest BCUT2D eigenvalue weighted by molar-refractivity contribution is 0.0710. The lowest BCUT2D eigenvalue weighted by Crippen LogP contribution is -2.52. The SMILES string of the molecule is COCCNC(=S)N(CC1CCCO1)C1CCN(C)CC1. The predicted molar refractivity (Wildman–Crippen MR) is 88.7 cm³/mol. The van der Waals surface area contributed by atoms with Gasteiger partial charge in [0, 0.05) is 32.8 Å². The number of likely N-dealkylation sites (tertiary alicyclic amines) is 1. The van der Waals surface area contributed by atoms with Gasteiger partial charge in [0.25, 0.3) is 0 Å². The maximum absolute atomic E-state index is 5.81. The van der Waals surface area contributed by atoms with Crippen molar-refractivity contribution in [1.82, 2.24) is 15.1 Å². The van der Waals surface area contributed by atoms with E-state index in [1.165, 1.54) is 19.3 Å². The summed E-state index contributed by atoms with van der Waals surface area (Å²) in [6.07, 6.45) is 5.02. The molecule has 0 radical (unpaired) electrons. The topological polar surface area (TPSA) is 37.0 Å². The Kier molecular flexibility index (Phi) is 7.16. The van der Waals surface area contributed by atoms with Crippen molar-refractivity contribution >= 4 is 17.3 Å². The van der Waals surface area contributed by atoms with Gasteiger partial charge in [-0.3, -0.25) is 0 Å². The summed E-state index contributed by atoms with van der Waals surface area (Å²) in [5, 5.41) is 4.19. The Morgan fingerprint density at radius 1 is 1.38 bits per heavy atom. The van der Waals surface area contributed by atoms with E-state index in [0.29, 0.717) is 18.8 Å². The zero-order chi connectivity index (χ0) is 15.1. The number of hydrogen-bond donors (Lipinski definition) is 1. The number of rotatable bonds is 6. The first-order valence-corrected chi connectivity index (χ1v) is 8.45. The van der Waals surface area contributed by atoms with E-state index >= 15 is 0 Å². The fourth-order valence-corrected chi connectivity index (χ4v) is 3.40. The van der Waals surface area contributed by atoms with Crippen molar-refractivity contribution in [2.45, 2.75) is 37.8 Å². The van der Waals surface area contributed by atoms with Crippen molar-refractivity contribution in [3.63, 3.8) is 0 Å². The summed E-state index contributed by atoms with van der Waals surface area (Å²) in [5.74, 6) is 0. The minimum absolute atomic E-state index is 0.340. The van der Waals surface area contributed by atoms with Gasteiger partial charge in [-0.15, -0.1) is 0 Å². The van der Waals surface area contributed by atoms with Gasteiger partial charge in [0.05, 0.1) is 12.7 Å². The standard InChI is InChI=1S/C15H29N3O2S/c1-17-8-5-13(6-9-17)18(12-14-4-3-10-20-14)15(21)16-7-11-19-2/h13-14H,3-12H2,1-2H3,(H,16,21). The maximum Gasteiger partial charge on any atom is 0.169 e. The van der Waals surface area contributed by atoms with Gasteiger partial charge in [0.2, 0.25) is 0 Å². The van der Waals surface area contributed by atoms with Crippen molar-refractivity contribution in [1.29, 1.82) is 0 Å². The molecule has 0 bridgehead atoms. The first kappa shape index (κ1) is 16.9. The third-order valence-electron chi connectivity index (χ3n) is 4.40. The summed E-state index contributed by atoms with van der Waals surface area (Å²) in [7, 11) is 3.90. The first-order valence-electron chi connectivity index (χ1n) is 8.04. The molecular weight excluding hydrogens is 286 g/mol. The van der Waals surface area contributed by atoms with Crippen LogP contribution >= 0.6 is 12.2 Å². The molecule has 2 fully saturated rings. The fourth-order valence-electron chi connectivity index (χ4n) is 3.07. The molecule has 0 aliphatic carbocycles. The van der Waals surface area contributed by atoms with Crippen LogP contribution < -0.4 is 5.32 Å². The number of hydrogen-bond acceptors (Lipinski definition) is 4. The molecule has 2 aliphatic rings. The lowest BCUT2D eigenvalue weighted by Gasteiger charge is -2.39. The van der Waals surface area contributed by atoms with E-state index in [0.717, 1.165) is 44.3 Å². The molecular formula is C15H29N3O2S. The van der Waals surface area contributed by atoms with Crippen LogP contribution in [-0.2, 0) is 9.47 Å². The molecule has 0 amide bonds. The van der Waals surface area contributed by atoms with Crippen LogP contribution in [0.4, 0.5) is 0 Å². The van der Waals surface area contributed by atoms with Crippen LogP contribution in [0.2, 0.25) is 0 Å². The Bertz CT molecular complexity index is 316. The molecule has 2 heterocycles. The van der Waals surface area contributed by atoms with Gasteiger partial charge in [-0.2, -0.15) is 0 Å². The number of thiocarbonyl (C=S) groups is 1. The second kappa shape index (κ2) is 8.88. The number of nitrogens with zero attached hydrogens (tertiary/aromatic N) is 2. The van der Waals surface area contributed by atoms with Crippen molar-refractivity contribution in [2.75, 3.05) is 53.6 Å². The minimum atomic E-state index is 0.340. The van der Waals surface area contributed by atoms with Crippen LogP contribution in [0.1, 0.15) is 25.7 Å². The molecule has 0 aromatic carbocycles. The maximum atomic E-state index is 5.81. The van der Waals surface area contributed by atoms with Crippen LogP contribution in [0, 0.1) is 0 Å². The molecule has 2 aliphatic heterocycles. The molecule has 21 heavy (non-hydrogen) atoms. The fraction of sp³-hybridized carbons (Fsp3) is 0.933. The lowest BCUT2D eigenvalue weighted by atomic mass is 10.0. The second-order valence-corrected chi connectivity index (χ2v) is 6.43. The molecule has 0 aromatic heterocycles. The third kappa shape index (κ3) is 5.36. The molecule has 6 heteroatoms. The Morgan fingerprint density at radius 2 is 2.14 bits per heavy atom. The normalized spacial score (nSPS) is 24.2. The average molecular weight is 315 g/mol. The van der Waals surface area contributed by atoms with E-state index in [9.17, 15) is 0 Å². The Balaban J connectivity index is 1.90. The Hall–Kier alpha value is -0.430. The van der Waals surface area contributed by atoms with Crippen molar-refractivity contribution in [2.24, 2.45) is 0 Å². The molecule has 1 unspecified atom stereocenters. The van der Waals surface area contributed by atoms with Crippen LogP contribution in [0.15, 0.2) is 0 Å². The quantitative estimate of drug-likeness (QED) is 0.584. The molecule has 0 aromatic rings. The molecule has 2 saturated heterocycles. The molecule has 0 spiro atoms. The summed E-state index contributed by atoms with van der Waals surface area (Å²) in [6.45, 7) is 5.56. The molecule has 5 nitrogen and oxygen atoms in total. The van der Waals surface area contributed by atoms with Crippen molar-refractivity contribution < 1.29 is 9.47 Å². The molecule has 1 N–H and O–H groups in total. The molecule has 1 atom stereocenters. The van der Waals surface area contributed by atoms with E-state index in [-0.39, 0.29) is 0 Å². The van der Waals surface area contributed by atoms with Gasteiger partial charge in [-0.05, 0) is 58.0 Å². The van der Waals surface area contributed by atoms with Gasteiger partial charge in [-0.25, -0.2) is 0 Å². The average Bonchev–Trinajstić information content (AvgIpc) is 2.99. The number of methoxy groups -OCH3 is 1. The van der Waals surface area contributed by atoms with Crippen LogP contribution in [0.3, 0.4) is 0 Å². The zero-order valence-electron chi connectivity index (χ0n) is 13.3. The smallest absolute Gasteiger partial charge is 0.169 e. The summed E-state index contributed by atoms with van der Waals surface area (Å²) in [5.41, 5.74) is 0. The van der Waals surface area contributed by atoms with Crippen LogP contribution in [-0.4, -0.2) is 80.6 Å². The van der Waals surface area contributed by atoms with Gasteiger partial charge in [-0.1, -0.05) is 0 Å². The van der Waals surface area contributed by atoms with Crippen LogP contribution in [0.5, 0.6) is 0 Å². The molecule has 0 saturated carbocycles. The highest BCUT2D eigenvalue weighted by Gasteiger charge is 2.28. The zero-order valence-corrected chi connectivity index (χ0v) is 14.2. The van der Waals surface area contributed by atoms with Crippen molar-refractivity contribution in [3.8, 4) is 0 Å². The number of piperidine rings is 1. The number of ether oxygens (including phenoxy) is 2. The predicted octanol–water partition coefficient (Wildman–Crippen LogP) is 1.08. The molecule has 122 valence electrons. The minimum Gasteiger partial charge on any atom is -0.383 e. The highest BCUT2D eigenvalue weighted by Crippen LogP contribution is 2.20. The van der Waals surface area contributed by atoms with E-state index in [2.05, 4.69) is 22.2 Å². The number of nitrogens with one attached hydrogen (secondary N) is 1. The summed E-state index contributed by atoms with van der Waals surface area (Å²) in [6, 6.07) is 0.535. The van der Waals surface area contributed by atoms with Gasteiger partial charge in [0.1, 0.15) is 0 Å². The van der Waals surface area contributed by atoms with Gasteiger partial charge >= 0.3 is 0 Å². The Morgan fingerprint density at radius 3 is 2.76 bits per heavy atom.